The van der Waals surface area contributed by atoms with Crippen LogP contribution in [0.2, 0.25) is 0 Å². The number of rotatable bonds is 3. The van der Waals surface area contributed by atoms with Gasteiger partial charge in [-0.25, -0.2) is 9.97 Å². The SMILES string of the molecule is Brc1cc(Cc2cccnc2)nc(C2CC2)n1. The fraction of sp³-hybridized carbons (Fsp3) is 0.308. The van der Waals surface area contributed by atoms with Crippen molar-refractivity contribution in [2.24, 2.45) is 0 Å². The Hall–Kier alpha value is -1.29. The predicted octanol–water partition coefficient (Wildman–Crippen LogP) is 3.10. The molecule has 0 aliphatic heterocycles. The highest BCUT2D eigenvalue weighted by Crippen LogP contribution is 2.38. The van der Waals surface area contributed by atoms with Crippen LogP contribution in [0.4, 0.5) is 0 Å². The zero-order valence-electron chi connectivity index (χ0n) is 9.31. The first-order valence-electron chi connectivity index (χ1n) is 5.73. The zero-order chi connectivity index (χ0) is 11.7. The van der Waals surface area contributed by atoms with E-state index in [0.29, 0.717) is 5.92 Å². The van der Waals surface area contributed by atoms with Crippen LogP contribution in [-0.4, -0.2) is 15.0 Å². The smallest absolute Gasteiger partial charge is 0.132 e. The van der Waals surface area contributed by atoms with Crippen molar-refractivity contribution in [2.45, 2.75) is 25.2 Å². The molecular formula is C13H12BrN3. The van der Waals surface area contributed by atoms with Crippen LogP contribution < -0.4 is 0 Å². The molecular weight excluding hydrogens is 278 g/mol. The number of hydrogen-bond acceptors (Lipinski definition) is 3. The predicted molar refractivity (Wildman–Crippen MR) is 68.8 cm³/mol. The van der Waals surface area contributed by atoms with E-state index in [-0.39, 0.29) is 0 Å². The van der Waals surface area contributed by atoms with Gasteiger partial charge in [-0.1, -0.05) is 6.07 Å². The average Bonchev–Trinajstić information content (AvgIpc) is 3.13. The summed E-state index contributed by atoms with van der Waals surface area (Å²) in [5.74, 6) is 1.57. The highest BCUT2D eigenvalue weighted by Gasteiger charge is 2.27. The zero-order valence-corrected chi connectivity index (χ0v) is 10.9. The van der Waals surface area contributed by atoms with Crippen LogP contribution in [-0.2, 0) is 6.42 Å². The number of halogens is 1. The maximum atomic E-state index is 4.62. The van der Waals surface area contributed by atoms with Gasteiger partial charge < -0.3 is 0 Å². The summed E-state index contributed by atoms with van der Waals surface area (Å²) < 4.78 is 0.883. The minimum atomic E-state index is 0.583. The molecule has 17 heavy (non-hydrogen) atoms. The van der Waals surface area contributed by atoms with Gasteiger partial charge in [-0.2, -0.15) is 0 Å². The number of pyridine rings is 1. The van der Waals surface area contributed by atoms with Crippen LogP contribution in [0.3, 0.4) is 0 Å². The van der Waals surface area contributed by atoms with Crippen LogP contribution in [0.25, 0.3) is 0 Å². The van der Waals surface area contributed by atoms with Crippen molar-refractivity contribution in [3.63, 3.8) is 0 Å². The lowest BCUT2D eigenvalue weighted by Crippen LogP contribution is -2.00. The highest BCUT2D eigenvalue weighted by molar-refractivity contribution is 9.10. The molecule has 4 heteroatoms. The van der Waals surface area contributed by atoms with E-state index in [9.17, 15) is 0 Å². The Morgan fingerprint density at radius 1 is 1.29 bits per heavy atom. The third-order valence-corrected chi connectivity index (χ3v) is 3.22. The number of hydrogen-bond donors (Lipinski definition) is 0. The Bertz CT molecular complexity index is 523. The van der Waals surface area contributed by atoms with Gasteiger partial charge in [0.2, 0.25) is 0 Å². The summed E-state index contributed by atoms with van der Waals surface area (Å²) >= 11 is 3.46. The molecule has 0 unspecified atom stereocenters. The van der Waals surface area contributed by atoms with Crippen LogP contribution in [0.5, 0.6) is 0 Å². The summed E-state index contributed by atoms with van der Waals surface area (Å²) in [5, 5.41) is 0. The normalized spacial score (nSPS) is 14.9. The van der Waals surface area contributed by atoms with E-state index in [4.69, 9.17) is 0 Å². The largest absolute Gasteiger partial charge is 0.264 e. The molecule has 3 nitrogen and oxygen atoms in total. The van der Waals surface area contributed by atoms with Gasteiger partial charge in [-0.3, -0.25) is 4.98 Å². The molecule has 0 amide bonds. The molecule has 1 aliphatic rings. The van der Waals surface area contributed by atoms with Gasteiger partial charge in [0, 0.05) is 30.4 Å². The molecule has 2 heterocycles. The van der Waals surface area contributed by atoms with E-state index in [1.807, 2.05) is 18.3 Å². The monoisotopic (exact) mass is 289 g/mol. The van der Waals surface area contributed by atoms with Gasteiger partial charge in [-0.15, -0.1) is 0 Å². The van der Waals surface area contributed by atoms with Gasteiger partial charge in [0.1, 0.15) is 10.4 Å². The van der Waals surface area contributed by atoms with Crippen molar-refractivity contribution in [3.05, 3.63) is 52.3 Å². The van der Waals surface area contributed by atoms with Crippen molar-refractivity contribution >= 4 is 15.9 Å². The van der Waals surface area contributed by atoms with Crippen LogP contribution >= 0.6 is 15.9 Å². The van der Waals surface area contributed by atoms with Crippen LogP contribution in [0.1, 0.15) is 35.8 Å². The third kappa shape index (κ3) is 2.69. The quantitative estimate of drug-likeness (QED) is 0.815. The van der Waals surface area contributed by atoms with Crippen molar-refractivity contribution in [1.29, 1.82) is 0 Å². The summed E-state index contributed by atoms with van der Waals surface area (Å²) in [6.07, 6.45) is 6.93. The lowest BCUT2D eigenvalue weighted by atomic mass is 10.1. The van der Waals surface area contributed by atoms with Gasteiger partial charge in [0.05, 0.1) is 0 Å². The van der Waals surface area contributed by atoms with Crippen molar-refractivity contribution in [1.82, 2.24) is 15.0 Å². The van der Waals surface area contributed by atoms with Crippen LogP contribution in [0, 0.1) is 0 Å². The summed E-state index contributed by atoms with van der Waals surface area (Å²) in [7, 11) is 0. The maximum Gasteiger partial charge on any atom is 0.132 e. The first kappa shape index (κ1) is 10.8. The first-order chi connectivity index (χ1) is 8.31. The molecule has 0 spiro atoms. The second-order valence-corrected chi connectivity index (χ2v) is 5.17. The average molecular weight is 290 g/mol. The minimum absolute atomic E-state index is 0.583. The Morgan fingerprint density at radius 3 is 2.88 bits per heavy atom. The van der Waals surface area contributed by atoms with Gasteiger partial charge in [0.15, 0.2) is 0 Å². The third-order valence-electron chi connectivity index (χ3n) is 2.82. The Balaban J connectivity index is 1.87. The lowest BCUT2D eigenvalue weighted by molar-refractivity contribution is 0.875. The maximum absolute atomic E-state index is 4.62. The second-order valence-electron chi connectivity index (χ2n) is 4.35. The lowest BCUT2D eigenvalue weighted by Gasteiger charge is -2.04. The molecule has 0 radical (unpaired) electrons. The van der Waals surface area contributed by atoms with Gasteiger partial charge in [-0.05, 0) is 46.5 Å². The van der Waals surface area contributed by atoms with E-state index in [1.54, 1.807) is 6.20 Å². The number of nitrogens with zero attached hydrogens (tertiary/aromatic N) is 3. The van der Waals surface area contributed by atoms with Crippen molar-refractivity contribution in [3.8, 4) is 0 Å². The Labute approximate surface area is 108 Å². The Morgan fingerprint density at radius 2 is 2.18 bits per heavy atom. The summed E-state index contributed by atoms with van der Waals surface area (Å²) in [4.78, 5) is 13.2. The second kappa shape index (κ2) is 4.53. The van der Waals surface area contributed by atoms with Gasteiger partial charge in [0.25, 0.3) is 0 Å². The van der Waals surface area contributed by atoms with E-state index in [1.165, 1.54) is 18.4 Å². The fourth-order valence-electron chi connectivity index (χ4n) is 1.81. The molecule has 3 rings (SSSR count). The Kier molecular flexibility index (Phi) is 2.89. The molecule has 0 atom stereocenters. The standard InChI is InChI=1S/C13H12BrN3/c14-12-7-11(6-9-2-1-5-15-8-9)16-13(17-12)10-3-4-10/h1-2,5,7-8,10H,3-4,6H2. The highest BCUT2D eigenvalue weighted by atomic mass is 79.9. The van der Waals surface area contributed by atoms with E-state index in [0.717, 1.165) is 22.5 Å². The van der Waals surface area contributed by atoms with E-state index in [2.05, 4.69) is 36.9 Å². The van der Waals surface area contributed by atoms with Crippen molar-refractivity contribution in [2.75, 3.05) is 0 Å². The molecule has 0 bridgehead atoms. The van der Waals surface area contributed by atoms with E-state index < -0.39 is 0 Å². The molecule has 86 valence electrons. The van der Waals surface area contributed by atoms with Crippen molar-refractivity contribution < 1.29 is 0 Å². The fourth-order valence-corrected chi connectivity index (χ4v) is 2.26. The number of aromatic nitrogens is 3. The minimum Gasteiger partial charge on any atom is -0.264 e. The summed E-state index contributed by atoms with van der Waals surface area (Å²) in [5.41, 5.74) is 2.24. The molecule has 1 saturated carbocycles. The molecule has 1 aliphatic carbocycles. The molecule has 1 fully saturated rings. The summed E-state index contributed by atoms with van der Waals surface area (Å²) in [6, 6.07) is 6.01. The molecule has 0 saturated heterocycles. The topological polar surface area (TPSA) is 38.7 Å². The molecule has 0 N–H and O–H groups in total. The van der Waals surface area contributed by atoms with E-state index >= 15 is 0 Å². The molecule has 0 aromatic carbocycles. The molecule has 2 aromatic rings. The van der Waals surface area contributed by atoms with Crippen LogP contribution in [0.15, 0.2) is 35.2 Å². The summed E-state index contributed by atoms with van der Waals surface area (Å²) in [6.45, 7) is 0. The molecule has 2 aromatic heterocycles. The first-order valence-corrected chi connectivity index (χ1v) is 6.53. The van der Waals surface area contributed by atoms with Gasteiger partial charge >= 0.3 is 0 Å².